The smallest absolute Gasteiger partial charge is 0.256 e. The van der Waals surface area contributed by atoms with Gasteiger partial charge in [-0.2, -0.15) is 10.2 Å². The number of alkyl halides is 2. The van der Waals surface area contributed by atoms with E-state index < -0.39 is 41.7 Å². The number of rotatable bonds is 10. The molecule has 0 radical (unpaired) electrons. The largest absolute Gasteiger partial charge is 0.393 e. The number of aliphatic hydroxyl groups excluding tert-OH is 1. The summed E-state index contributed by atoms with van der Waals surface area (Å²) in [6.07, 6.45) is 1.51. The Morgan fingerprint density at radius 2 is 1.22 bits per heavy atom. The maximum atomic E-state index is 15.3. The predicted molar refractivity (Wildman–Crippen MR) is 222 cm³/mol. The van der Waals surface area contributed by atoms with Crippen molar-refractivity contribution < 1.29 is 33.0 Å². The van der Waals surface area contributed by atoms with Gasteiger partial charge in [0.1, 0.15) is 48.2 Å². The van der Waals surface area contributed by atoms with Gasteiger partial charge in [-0.05, 0) is 72.4 Å². The molecule has 8 rings (SSSR count). The minimum atomic E-state index is -1.29. The molecule has 13 nitrogen and oxygen atoms in total. The highest BCUT2D eigenvalue weighted by molar-refractivity contribution is 9.11. The number of nitrogens with zero attached hydrogens (tertiary/aromatic N) is 6. The topological polar surface area (TPSA) is 157 Å². The molecule has 0 bridgehead atoms. The zero-order chi connectivity index (χ0) is 41.9. The molecule has 59 heavy (non-hydrogen) atoms. The van der Waals surface area contributed by atoms with E-state index in [4.69, 9.17) is 9.47 Å². The molecule has 2 saturated heterocycles. The lowest BCUT2D eigenvalue weighted by molar-refractivity contribution is -0.0936. The van der Waals surface area contributed by atoms with E-state index in [-0.39, 0.29) is 24.3 Å². The monoisotopic (exact) mass is 870 g/mol. The Kier molecular flexibility index (Phi) is 12.3. The maximum absolute atomic E-state index is 15.3. The average molecular weight is 872 g/mol. The first-order valence-corrected chi connectivity index (χ1v) is 20.3. The summed E-state index contributed by atoms with van der Waals surface area (Å²) >= 11 is 3.29. The lowest BCUT2D eigenvalue weighted by Crippen LogP contribution is -2.39. The van der Waals surface area contributed by atoms with Crippen molar-refractivity contribution in [3.8, 4) is 0 Å². The summed E-state index contributed by atoms with van der Waals surface area (Å²) in [6, 6.07) is 24.7. The zero-order valence-electron chi connectivity index (χ0n) is 32.9. The molecule has 308 valence electrons. The fourth-order valence-corrected chi connectivity index (χ4v) is 8.40. The van der Waals surface area contributed by atoms with E-state index in [2.05, 4.69) is 46.7 Å². The number of hydrogen-bond donors (Lipinski definition) is 3. The van der Waals surface area contributed by atoms with E-state index in [1.54, 1.807) is 89.2 Å². The van der Waals surface area contributed by atoms with Crippen LogP contribution < -0.4 is 10.6 Å². The molecule has 16 heteroatoms. The number of fused-ring (bicyclic) bond motifs is 2. The highest BCUT2D eigenvalue weighted by atomic mass is 79.9. The Morgan fingerprint density at radius 3 is 1.64 bits per heavy atom. The third kappa shape index (κ3) is 7.77. The predicted octanol–water partition coefficient (Wildman–Crippen LogP) is 8.25. The Balaban J connectivity index is 0.000000179. The van der Waals surface area contributed by atoms with Crippen molar-refractivity contribution in [2.45, 2.75) is 76.3 Å². The first-order valence-electron chi connectivity index (χ1n) is 19.4. The fourth-order valence-electron chi connectivity index (χ4n) is 7.95. The molecule has 3 N–H and O–H groups in total. The van der Waals surface area contributed by atoms with Crippen molar-refractivity contribution in [2.75, 3.05) is 17.2 Å². The number of benzene rings is 2. The van der Waals surface area contributed by atoms with Crippen LogP contribution in [-0.2, 0) is 9.47 Å². The first-order chi connectivity index (χ1) is 28.5. The zero-order valence-corrected chi connectivity index (χ0v) is 34.5. The normalized spacial score (nSPS) is 26.6. The van der Waals surface area contributed by atoms with E-state index in [0.29, 0.717) is 58.0 Å². The molecule has 2 aromatic carbocycles. The molecular weight excluding hydrogens is 826 g/mol. The molecule has 0 unspecified atom stereocenters. The van der Waals surface area contributed by atoms with E-state index in [0.717, 1.165) is 0 Å². The Hall–Kier alpha value is -5.42. The summed E-state index contributed by atoms with van der Waals surface area (Å²) in [4.78, 5) is 35.1. The van der Waals surface area contributed by atoms with Crippen molar-refractivity contribution in [1.82, 2.24) is 29.2 Å². The number of anilines is 2. The van der Waals surface area contributed by atoms with Gasteiger partial charge in [0.15, 0.2) is 11.6 Å². The van der Waals surface area contributed by atoms with Crippen LogP contribution in [0, 0.1) is 11.8 Å². The molecule has 8 atom stereocenters. The van der Waals surface area contributed by atoms with Crippen molar-refractivity contribution in [3.63, 3.8) is 0 Å². The molecule has 2 amide bonds. The summed E-state index contributed by atoms with van der Waals surface area (Å²) in [5.74, 6) is -0.689. The number of nitrogens with one attached hydrogen (secondary N) is 2. The minimum Gasteiger partial charge on any atom is -0.393 e. The summed E-state index contributed by atoms with van der Waals surface area (Å²) in [5.41, 5.74) is 1.61. The molecule has 2 fully saturated rings. The highest BCUT2D eigenvalue weighted by Crippen LogP contribution is 2.49. The van der Waals surface area contributed by atoms with E-state index in [9.17, 15) is 14.7 Å². The Labute approximate surface area is 348 Å². The summed E-state index contributed by atoms with van der Waals surface area (Å²) in [7, 11) is 0. The first kappa shape index (κ1) is 41.7. The SMILES string of the molecule is CC[C@@]1(/C=C/Br)O[C@@H](c2ccc3c(NC(=O)c4ccccc4)ncnn23)[C@H](F)[C@@H]1C.CC[C@@]1(CO)O[C@@H](c2ccc3c(NC(=O)c4ccccc4)ncnn23)[C@H](F)[C@@H]1C. The van der Waals surface area contributed by atoms with E-state index in [1.165, 1.54) is 17.2 Å². The van der Waals surface area contributed by atoms with Gasteiger partial charge in [-0.3, -0.25) is 9.59 Å². The number of aliphatic hydroxyl groups is 1. The molecular formula is C43H45BrF2N8O5. The molecule has 4 aromatic heterocycles. The van der Waals surface area contributed by atoms with Gasteiger partial charge in [-0.25, -0.2) is 27.8 Å². The molecule has 0 spiro atoms. The summed E-state index contributed by atoms with van der Waals surface area (Å²) in [5, 5.41) is 23.9. The second-order valence-electron chi connectivity index (χ2n) is 14.7. The van der Waals surface area contributed by atoms with Gasteiger partial charge in [-0.15, -0.1) is 0 Å². The number of amides is 2. The van der Waals surface area contributed by atoms with Crippen LogP contribution in [0.15, 0.2) is 109 Å². The van der Waals surface area contributed by atoms with Gasteiger partial charge in [0, 0.05) is 23.0 Å². The van der Waals surface area contributed by atoms with Gasteiger partial charge < -0.3 is 25.2 Å². The number of ether oxygens (including phenoxy) is 2. The van der Waals surface area contributed by atoms with Gasteiger partial charge in [0.25, 0.3) is 11.8 Å². The molecule has 0 aliphatic carbocycles. The lowest BCUT2D eigenvalue weighted by atomic mass is 9.85. The van der Waals surface area contributed by atoms with E-state index in [1.807, 2.05) is 39.0 Å². The van der Waals surface area contributed by atoms with E-state index >= 15 is 8.78 Å². The number of halogens is 3. The summed E-state index contributed by atoms with van der Waals surface area (Å²) in [6.45, 7) is 7.21. The summed E-state index contributed by atoms with van der Waals surface area (Å²) < 4.78 is 45.8. The van der Waals surface area contributed by atoms with Gasteiger partial charge in [-0.1, -0.05) is 80.0 Å². The molecule has 6 aromatic rings. The van der Waals surface area contributed by atoms with Crippen LogP contribution in [-0.4, -0.2) is 76.3 Å². The van der Waals surface area contributed by atoms with Gasteiger partial charge in [0.05, 0.1) is 29.2 Å². The highest BCUT2D eigenvalue weighted by Gasteiger charge is 2.54. The van der Waals surface area contributed by atoms with Crippen LogP contribution in [0.5, 0.6) is 0 Å². The van der Waals surface area contributed by atoms with Gasteiger partial charge >= 0.3 is 0 Å². The molecule has 0 saturated carbocycles. The van der Waals surface area contributed by atoms with Crippen LogP contribution in [0.3, 0.4) is 0 Å². The van der Waals surface area contributed by atoms with Crippen LogP contribution in [0.4, 0.5) is 20.4 Å². The van der Waals surface area contributed by atoms with Crippen LogP contribution >= 0.6 is 15.9 Å². The standard InChI is InChI=1S/C22H22BrFN4O2.C21H23FN4O3/c1-3-22(11-12-23)14(2)18(24)19(30-22)16-9-10-17-20(25-13-26-28(16)17)27-21(29)15-7-5-4-6-8-15;1-3-21(11-27)13(2)17(22)18(29-21)15-9-10-16-19(23-12-24-26(15)16)25-20(28)14-7-5-4-6-8-14/h4-14,18-19H,3H2,1-2H3,(H,25,26,27,29);4-10,12-13,17-18,27H,3,11H2,1-2H3,(H,23,24,25,28)/b12-11+;/t14-,18+,19-,22-;13-,17+,18-,21-/m00/s1. The van der Waals surface area contributed by atoms with Crippen molar-refractivity contribution in [3.05, 3.63) is 131 Å². The quantitative estimate of drug-likeness (QED) is 0.123. The lowest BCUT2D eigenvalue weighted by Gasteiger charge is -2.29. The number of aromatic nitrogens is 6. The Bertz CT molecular complexity index is 2450. The van der Waals surface area contributed by atoms with Crippen molar-refractivity contribution in [1.29, 1.82) is 0 Å². The van der Waals surface area contributed by atoms with Crippen LogP contribution in [0.2, 0.25) is 0 Å². The maximum Gasteiger partial charge on any atom is 0.256 e. The third-order valence-corrected chi connectivity index (χ3v) is 12.0. The number of carbonyl (C=O) groups excluding carboxylic acids is 2. The van der Waals surface area contributed by atoms with Crippen LogP contribution in [0.25, 0.3) is 11.0 Å². The van der Waals surface area contributed by atoms with Crippen molar-refractivity contribution >= 4 is 50.4 Å². The van der Waals surface area contributed by atoms with Crippen LogP contribution in [0.1, 0.15) is 84.8 Å². The molecule has 2 aliphatic heterocycles. The molecule has 2 aliphatic rings. The Morgan fingerprint density at radius 1 is 0.746 bits per heavy atom. The number of hydrogen-bond acceptors (Lipinski definition) is 9. The second kappa shape index (κ2) is 17.4. The minimum absolute atomic E-state index is 0.252. The van der Waals surface area contributed by atoms with Crippen molar-refractivity contribution in [2.24, 2.45) is 11.8 Å². The second-order valence-corrected chi connectivity index (χ2v) is 15.2. The fraction of sp³-hybridized carbons (Fsp3) is 0.349. The van der Waals surface area contributed by atoms with Gasteiger partial charge in [0.2, 0.25) is 0 Å². The molecule has 6 heterocycles. The average Bonchev–Trinajstić information content (AvgIpc) is 4.02. The number of carbonyl (C=O) groups is 2. The third-order valence-electron chi connectivity index (χ3n) is 11.7.